The normalized spacial score (nSPS) is 19.1. The van der Waals surface area contributed by atoms with Gasteiger partial charge in [0, 0.05) is 11.1 Å². The molecule has 0 radical (unpaired) electrons. The molecule has 8 nitrogen and oxygen atoms in total. The first-order valence-corrected chi connectivity index (χ1v) is 7.26. The number of thioether (sulfide) groups is 1. The first kappa shape index (κ1) is 14.5. The highest BCUT2D eigenvalue weighted by atomic mass is 32.2. The highest BCUT2D eigenvalue weighted by Crippen LogP contribution is 2.29. The zero-order valence-electron chi connectivity index (χ0n) is 11.2. The Morgan fingerprint density at radius 3 is 3.05 bits per heavy atom. The van der Waals surface area contributed by atoms with Gasteiger partial charge in [0.1, 0.15) is 5.75 Å². The number of carbonyl (C=O) groups excluding carboxylic acids is 1. The quantitative estimate of drug-likeness (QED) is 0.629. The third-order valence-corrected chi connectivity index (χ3v) is 3.78. The molecule has 0 unspecified atom stereocenters. The summed E-state index contributed by atoms with van der Waals surface area (Å²) in [5.41, 5.74) is 1.26. The molecule has 0 bridgehead atoms. The van der Waals surface area contributed by atoms with Gasteiger partial charge in [-0.1, -0.05) is 11.8 Å². The summed E-state index contributed by atoms with van der Waals surface area (Å²) < 4.78 is 10.5. The number of fused-ring (bicyclic) bond motifs is 1. The van der Waals surface area contributed by atoms with E-state index >= 15 is 0 Å². The lowest BCUT2D eigenvalue weighted by atomic mass is 10.0. The smallest absolute Gasteiger partial charge is 0.335 e. The molecule has 0 aromatic heterocycles. The van der Waals surface area contributed by atoms with Gasteiger partial charge in [-0.15, -0.1) is 5.10 Å². The molecule has 9 heteroatoms. The molecule has 1 aromatic rings. The topological polar surface area (TPSA) is 110 Å². The number of rotatable bonds is 3. The van der Waals surface area contributed by atoms with Gasteiger partial charge in [0.15, 0.2) is 12.0 Å². The number of hydrogen-bond donors (Lipinski definition) is 2. The van der Waals surface area contributed by atoms with E-state index in [1.807, 2.05) is 0 Å². The van der Waals surface area contributed by atoms with Crippen molar-refractivity contribution in [3.8, 4) is 5.75 Å². The van der Waals surface area contributed by atoms with Crippen LogP contribution in [0.15, 0.2) is 22.3 Å². The number of ether oxygens (including phenoxy) is 2. The van der Waals surface area contributed by atoms with Crippen molar-refractivity contribution >= 4 is 35.0 Å². The summed E-state index contributed by atoms with van der Waals surface area (Å²) in [5, 5.41) is 19.8. The Labute approximate surface area is 129 Å². The van der Waals surface area contributed by atoms with Crippen LogP contribution < -0.4 is 10.1 Å². The van der Waals surface area contributed by atoms with Crippen molar-refractivity contribution in [1.82, 2.24) is 5.32 Å². The predicted molar refractivity (Wildman–Crippen MR) is 79.3 cm³/mol. The van der Waals surface area contributed by atoms with Crippen molar-refractivity contribution in [3.05, 3.63) is 28.8 Å². The van der Waals surface area contributed by atoms with Gasteiger partial charge in [0.05, 0.1) is 24.1 Å². The largest absolute Gasteiger partial charge is 0.478 e. The Kier molecular flexibility index (Phi) is 4.07. The van der Waals surface area contributed by atoms with E-state index in [9.17, 15) is 9.59 Å². The van der Waals surface area contributed by atoms with Gasteiger partial charge in [0.25, 0.3) is 0 Å². The Morgan fingerprint density at radius 2 is 2.32 bits per heavy atom. The van der Waals surface area contributed by atoms with E-state index in [0.717, 1.165) is 0 Å². The molecular weight excluding hydrogens is 310 g/mol. The molecule has 2 N–H and O–H groups in total. The number of amides is 1. The Morgan fingerprint density at radius 1 is 1.45 bits per heavy atom. The summed E-state index contributed by atoms with van der Waals surface area (Å²) in [7, 11) is 0. The molecule has 1 saturated heterocycles. The van der Waals surface area contributed by atoms with Crippen LogP contribution in [0.25, 0.3) is 0 Å². The van der Waals surface area contributed by atoms with Crippen LogP contribution in [0.2, 0.25) is 0 Å². The zero-order chi connectivity index (χ0) is 15.5. The van der Waals surface area contributed by atoms with E-state index in [-0.39, 0.29) is 24.9 Å². The molecule has 2 aliphatic heterocycles. The number of carbonyl (C=O) groups is 2. The molecule has 3 rings (SSSR count). The molecule has 0 atom stereocenters. The van der Waals surface area contributed by atoms with E-state index in [1.165, 1.54) is 30.1 Å². The summed E-state index contributed by atoms with van der Waals surface area (Å²) in [6.45, 7) is 0.373. The van der Waals surface area contributed by atoms with Gasteiger partial charge in [-0.05, 0) is 12.1 Å². The van der Waals surface area contributed by atoms with Gasteiger partial charge in [-0.25, -0.2) is 4.79 Å². The van der Waals surface area contributed by atoms with Gasteiger partial charge in [-0.3, -0.25) is 4.79 Å². The van der Waals surface area contributed by atoms with Crippen molar-refractivity contribution < 1.29 is 24.2 Å². The first-order valence-electron chi connectivity index (χ1n) is 6.28. The van der Waals surface area contributed by atoms with E-state index in [4.69, 9.17) is 14.6 Å². The molecule has 0 aliphatic carbocycles. The van der Waals surface area contributed by atoms with Crippen LogP contribution in [-0.2, 0) is 16.1 Å². The number of aromatic carboxylic acids is 1. The molecule has 114 valence electrons. The van der Waals surface area contributed by atoms with Crippen LogP contribution in [0.3, 0.4) is 0 Å². The van der Waals surface area contributed by atoms with Crippen LogP contribution in [0.4, 0.5) is 0 Å². The van der Waals surface area contributed by atoms with E-state index in [2.05, 4.69) is 15.5 Å². The lowest BCUT2D eigenvalue weighted by Gasteiger charge is -2.19. The number of hydrogen-bond acceptors (Lipinski definition) is 7. The highest BCUT2D eigenvalue weighted by molar-refractivity contribution is 8.15. The lowest BCUT2D eigenvalue weighted by molar-refractivity contribution is -0.116. The molecule has 1 fully saturated rings. The molecular formula is C13H11N3O5S. The SMILES string of the molecule is O=C1CSC(=NN=Cc2cc(C(=O)O)cc3c2OCOC3)N1. The molecule has 2 heterocycles. The van der Waals surface area contributed by atoms with E-state index < -0.39 is 5.97 Å². The van der Waals surface area contributed by atoms with Gasteiger partial charge >= 0.3 is 5.97 Å². The Bertz CT molecular complexity index is 701. The fourth-order valence-electron chi connectivity index (χ4n) is 1.99. The van der Waals surface area contributed by atoms with Crippen molar-refractivity contribution in [2.75, 3.05) is 12.5 Å². The van der Waals surface area contributed by atoms with Crippen LogP contribution >= 0.6 is 11.8 Å². The maximum atomic E-state index is 11.2. The van der Waals surface area contributed by atoms with Gasteiger partial charge in [-0.2, -0.15) is 5.10 Å². The van der Waals surface area contributed by atoms with E-state index in [1.54, 1.807) is 0 Å². The minimum atomic E-state index is -1.05. The number of benzene rings is 1. The fourth-order valence-corrected chi connectivity index (χ4v) is 2.62. The third kappa shape index (κ3) is 3.10. The zero-order valence-corrected chi connectivity index (χ0v) is 12.1. The number of carboxylic acid groups (broad SMARTS) is 1. The summed E-state index contributed by atoms with van der Waals surface area (Å²) >= 11 is 1.25. The fraction of sp³-hybridized carbons (Fsp3) is 0.231. The average Bonchev–Trinajstić information content (AvgIpc) is 2.92. The Hall–Kier alpha value is -2.39. The minimum Gasteiger partial charge on any atom is -0.478 e. The second kappa shape index (κ2) is 6.16. The second-order valence-corrected chi connectivity index (χ2v) is 5.42. The van der Waals surface area contributed by atoms with Crippen LogP contribution in [0, 0.1) is 0 Å². The van der Waals surface area contributed by atoms with Crippen LogP contribution in [-0.4, -0.2) is 40.9 Å². The van der Waals surface area contributed by atoms with Crippen molar-refractivity contribution in [2.24, 2.45) is 10.2 Å². The summed E-state index contributed by atoms with van der Waals surface area (Å²) in [4.78, 5) is 22.2. The molecule has 22 heavy (non-hydrogen) atoms. The summed E-state index contributed by atoms with van der Waals surface area (Å²) in [6, 6.07) is 2.96. The minimum absolute atomic E-state index is 0.0979. The third-order valence-electron chi connectivity index (χ3n) is 2.92. The van der Waals surface area contributed by atoms with E-state index in [0.29, 0.717) is 27.8 Å². The predicted octanol–water partition coefficient (Wildman–Crippen LogP) is 0.804. The van der Waals surface area contributed by atoms with Crippen LogP contribution in [0.5, 0.6) is 5.75 Å². The number of nitrogens with one attached hydrogen (secondary N) is 1. The second-order valence-electron chi connectivity index (χ2n) is 4.46. The standard InChI is InChI=1S/C13H11N3O5S/c17-10-5-22-13(15-10)16-14-3-8-1-7(12(18)19)2-9-4-20-6-21-11(8)9/h1-3H,4-6H2,(H,18,19)(H,15,16,17). The molecule has 0 spiro atoms. The number of amidine groups is 1. The van der Waals surface area contributed by atoms with Crippen molar-refractivity contribution in [2.45, 2.75) is 6.61 Å². The maximum absolute atomic E-state index is 11.2. The number of nitrogens with zero attached hydrogens (tertiary/aromatic N) is 2. The lowest BCUT2D eigenvalue weighted by Crippen LogP contribution is -2.19. The van der Waals surface area contributed by atoms with Crippen LogP contribution in [0.1, 0.15) is 21.5 Å². The monoisotopic (exact) mass is 321 g/mol. The summed E-state index contributed by atoms with van der Waals surface area (Å²) in [5.74, 6) is -0.320. The molecule has 1 amide bonds. The number of carboxylic acids is 1. The van der Waals surface area contributed by atoms with Gasteiger partial charge < -0.3 is 19.9 Å². The van der Waals surface area contributed by atoms with Gasteiger partial charge in [0.2, 0.25) is 5.91 Å². The Balaban J connectivity index is 1.90. The highest BCUT2D eigenvalue weighted by Gasteiger charge is 2.19. The summed E-state index contributed by atoms with van der Waals surface area (Å²) in [6.07, 6.45) is 1.40. The maximum Gasteiger partial charge on any atom is 0.335 e. The molecule has 1 aromatic carbocycles. The molecule has 0 saturated carbocycles. The molecule has 2 aliphatic rings. The first-order chi connectivity index (χ1) is 10.6. The van der Waals surface area contributed by atoms with Crippen molar-refractivity contribution in [1.29, 1.82) is 0 Å². The average molecular weight is 321 g/mol. The van der Waals surface area contributed by atoms with Crippen molar-refractivity contribution in [3.63, 3.8) is 0 Å².